The van der Waals surface area contributed by atoms with Gasteiger partial charge in [0.05, 0.1) is 6.54 Å². The van der Waals surface area contributed by atoms with Gasteiger partial charge in [-0.2, -0.15) is 5.10 Å². The predicted octanol–water partition coefficient (Wildman–Crippen LogP) is 0.212. The van der Waals surface area contributed by atoms with Crippen LogP contribution in [0.25, 0.3) is 0 Å². The Kier molecular flexibility index (Phi) is 7.64. The Morgan fingerprint density at radius 1 is 1.35 bits per heavy atom. The van der Waals surface area contributed by atoms with Crippen molar-refractivity contribution in [2.45, 2.75) is 26.8 Å². The van der Waals surface area contributed by atoms with E-state index in [4.69, 9.17) is 0 Å². The van der Waals surface area contributed by atoms with Crippen LogP contribution in [0.3, 0.4) is 0 Å². The molecule has 1 aromatic rings. The van der Waals surface area contributed by atoms with Crippen LogP contribution in [0.1, 0.15) is 26.1 Å². The van der Waals surface area contributed by atoms with E-state index in [1.807, 2.05) is 7.05 Å². The zero-order valence-electron chi connectivity index (χ0n) is 13.1. The van der Waals surface area contributed by atoms with Crippen LogP contribution in [-0.2, 0) is 13.6 Å². The molecule has 0 bridgehead atoms. The van der Waals surface area contributed by atoms with Crippen LogP contribution < -0.4 is 10.6 Å². The monoisotopic (exact) mass is 281 g/mol. The summed E-state index contributed by atoms with van der Waals surface area (Å²) in [5.41, 5.74) is 0. The molecule has 20 heavy (non-hydrogen) atoms. The van der Waals surface area contributed by atoms with Crippen molar-refractivity contribution < 1.29 is 0 Å². The van der Waals surface area contributed by atoms with Crippen LogP contribution in [-0.4, -0.2) is 58.9 Å². The van der Waals surface area contributed by atoms with E-state index in [0.717, 1.165) is 44.4 Å². The first-order valence-corrected chi connectivity index (χ1v) is 7.21. The van der Waals surface area contributed by atoms with Gasteiger partial charge in [0, 0.05) is 20.6 Å². The van der Waals surface area contributed by atoms with Gasteiger partial charge in [-0.1, -0.05) is 13.8 Å². The summed E-state index contributed by atoms with van der Waals surface area (Å²) in [6.45, 7) is 9.24. The van der Waals surface area contributed by atoms with Gasteiger partial charge in [-0.25, -0.2) is 4.98 Å². The van der Waals surface area contributed by atoms with E-state index in [1.165, 1.54) is 0 Å². The fourth-order valence-electron chi connectivity index (χ4n) is 1.91. The Hall–Kier alpha value is -1.63. The molecule has 0 aliphatic carbocycles. The lowest BCUT2D eigenvalue weighted by molar-refractivity contribution is 0.300. The normalized spacial score (nSPS) is 11.9. The highest BCUT2D eigenvalue weighted by atomic mass is 15.3. The summed E-state index contributed by atoms with van der Waals surface area (Å²) in [6, 6.07) is 0. The molecule has 2 N–H and O–H groups in total. The number of nitrogens with zero attached hydrogens (tertiary/aromatic N) is 5. The molecule has 0 radical (unpaired) electrons. The fourth-order valence-corrected chi connectivity index (χ4v) is 1.91. The third kappa shape index (κ3) is 5.56. The third-order valence-electron chi connectivity index (χ3n) is 3.28. The Balaban J connectivity index is 2.22. The summed E-state index contributed by atoms with van der Waals surface area (Å²) in [6.07, 6.45) is 2.66. The van der Waals surface area contributed by atoms with Crippen molar-refractivity contribution in [3.8, 4) is 0 Å². The molecule has 0 aromatic carbocycles. The number of aliphatic imine (C=N–C) groups is 1. The molecule has 1 aromatic heterocycles. The maximum absolute atomic E-state index is 4.20. The zero-order valence-corrected chi connectivity index (χ0v) is 13.1. The van der Waals surface area contributed by atoms with Crippen LogP contribution in [0.5, 0.6) is 0 Å². The van der Waals surface area contributed by atoms with Crippen LogP contribution in [0.4, 0.5) is 0 Å². The number of hydrogen-bond acceptors (Lipinski definition) is 4. The lowest BCUT2D eigenvalue weighted by Crippen LogP contribution is -2.38. The second-order valence-electron chi connectivity index (χ2n) is 4.53. The summed E-state index contributed by atoms with van der Waals surface area (Å²) < 4.78 is 1.75. The van der Waals surface area contributed by atoms with Gasteiger partial charge in [-0.15, -0.1) is 0 Å². The van der Waals surface area contributed by atoms with Crippen LogP contribution >= 0.6 is 0 Å². The molecule has 0 atom stereocenters. The largest absolute Gasteiger partial charge is 0.356 e. The summed E-state index contributed by atoms with van der Waals surface area (Å²) in [5.74, 6) is 1.68. The average molecular weight is 281 g/mol. The molecule has 0 aliphatic rings. The molecular weight excluding hydrogens is 254 g/mol. The Morgan fingerprint density at radius 2 is 2.10 bits per heavy atom. The van der Waals surface area contributed by atoms with Crippen molar-refractivity contribution in [3.05, 3.63) is 12.2 Å². The van der Waals surface area contributed by atoms with E-state index < -0.39 is 0 Å². The number of aryl methyl sites for hydroxylation is 1. The molecule has 1 rings (SSSR count). The summed E-state index contributed by atoms with van der Waals surface area (Å²) in [7, 11) is 3.65. The molecule has 0 saturated carbocycles. The third-order valence-corrected chi connectivity index (χ3v) is 3.28. The highest BCUT2D eigenvalue weighted by Gasteiger charge is 2.03. The lowest BCUT2D eigenvalue weighted by atomic mass is 10.3. The lowest BCUT2D eigenvalue weighted by Gasteiger charge is -2.18. The van der Waals surface area contributed by atoms with Gasteiger partial charge in [0.15, 0.2) is 5.96 Å². The highest BCUT2D eigenvalue weighted by molar-refractivity contribution is 5.79. The van der Waals surface area contributed by atoms with Gasteiger partial charge >= 0.3 is 0 Å². The minimum atomic E-state index is 0.617. The number of rotatable bonds is 8. The number of hydrogen-bond donors (Lipinski definition) is 2. The zero-order chi connectivity index (χ0) is 14.8. The van der Waals surface area contributed by atoms with Gasteiger partial charge in [0.25, 0.3) is 0 Å². The Bertz CT molecular complexity index is 395. The molecule has 0 fully saturated rings. The first-order chi connectivity index (χ1) is 9.71. The minimum Gasteiger partial charge on any atom is -0.356 e. The first-order valence-electron chi connectivity index (χ1n) is 7.21. The molecule has 0 spiro atoms. The molecule has 114 valence electrons. The van der Waals surface area contributed by atoms with Crippen molar-refractivity contribution in [2.24, 2.45) is 12.0 Å². The average Bonchev–Trinajstić information content (AvgIpc) is 2.87. The SMILES string of the molecule is CCN(CC)CCCNC(=NC)NCc1ncnn1C. The van der Waals surface area contributed by atoms with Crippen LogP contribution in [0.2, 0.25) is 0 Å². The molecular formula is C13H27N7. The summed E-state index contributed by atoms with van der Waals surface area (Å²) >= 11 is 0. The molecule has 0 unspecified atom stereocenters. The van der Waals surface area contributed by atoms with E-state index in [1.54, 1.807) is 18.1 Å². The molecule has 7 nitrogen and oxygen atoms in total. The fraction of sp³-hybridized carbons (Fsp3) is 0.769. The maximum Gasteiger partial charge on any atom is 0.191 e. The van der Waals surface area contributed by atoms with Gasteiger partial charge in [0.1, 0.15) is 12.2 Å². The second kappa shape index (κ2) is 9.30. The molecule has 0 amide bonds. The molecule has 0 aliphatic heterocycles. The van der Waals surface area contributed by atoms with Crippen molar-refractivity contribution in [1.29, 1.82) is 0 Å². The Morgan fingerprint density at radius 3 is 2.65 bits per heavy atom. The van der Waals surface area contributed by atoms with E-state index in [9.17, 15) is 0 Å². The van der Waals surface area contributed by atoms with E-state index in [-0.39, 0.29) is 0 Å². The topological polar surface area (TPSA) is 70.4 Å². The molecule has 7 heteroatoms. The van der Waals surface area contributed by atoms with E-state index in [0.29, 0.717) is 6.54 Å². The van der Waals surface area contributed by atoms with E-state index >= 15 is 0 Å². The highest BCUT2D eigenvalue weighted by Crippen LogP contribution is 1.91. The first kappa shape index (κ1) is 16.4. The van der Waals surface area contributed by atoms with Crippen LogP contribution in [0, 0.1) is 0 Å². The number of guanidine groups is 1. The number of nitrogens with one attached hydrogen (secondary N) is 2. The van der Waals surface area contributed by atoms with Crippen molar-refractivity contribution in [2.75, 3.05) is 33.2 Å². The Labute approximate surface area is 121 Å². The van der Waals surface area contributed by atoms with Gasteiger partial charge < -0.3 is 15.5 Å². The van der Waals surface area contributed by atoms with Crippen molar-refractivity contribution in [1.82, 2.24) is 30.3 Å². The number of aromatic nitrogens is 3. The smallest absolute Gasteiger partial charge is 0.191 e. The van der Waals surface area contributed by atoms with Gasteiger partial charge in [-0.05, 0) is 26.1 Å². The van der Waals surface area contributed by atoms with Crippen LogP contribution in [0.15, 0.2) is 11.3 Å². The molecule has 0 saturated heterocycles. The standard InChI is InChI=1S/C13H27N7/c1-5-20(6-2)9-7-8-15-13(14-3)16-10-12-17-11-18-19(12)4/h11H,5-10H2,1-4H3,(H2,14,15,16). The van der Waals surface area contributed by atoms with Gasteiger partial charge in [0.2, 0.25) is 0 Å². The van der Waals surface area contributed by atoms with Crippen molar-refractivity contribution in [3.63, 3.8) is 0 Å². The van der Waals surface area contributed by atoms with Crippen molar-refractivity contribution >= 4 is 5.96 Å². The van der Waals surface area contributed by atoms with E-state index in [2.05, 4.69) is 44.5 Å². The summed E-state index contributed by atoms with van der Waals surface area (Å²) in [4.78, 5) is 10.8. The maximum atomic E-state index is 4.20. The van der Waals surface area contributed by atoms with Gasteiger partial charge in [-0.3, -0.25) is 9.67 Å². The summed E-state index contributed by atoms with van der Waals surface area (Å²) in [5, 5.41) is 10.6. The molecule has 1 heterocycles. The second-order valence-corrected chi connectivity index (χ2v) is 4.53. The minimum absolute atomic E-state index is 0.617. The predicted molar refractivity (Wildman–Crippen MR) is 81.6 cm³/mol. The quantitative estimate of drug-likeness (QED) is 0.405.